The van der Waals surface area contributed by atoms with Crippen LogP contribution in [0.2, 0.25) is 5.02 Å². The Morgan fingerprint density at radius 1 is 0.971 bits per heavy atom. The third-order valence-corrected chi connectivity index (χ3v) is 8.68. The second-order valence-corrected chi connectivity index (χ2v) is 10.9. The fourth-order valence-electron chi connectivity index (χ4n) is 4.56. The van der Waals surface area contributed by atoms with Crippen molar-refractivity contribution in [3.05, 3.63) is 47.5 Å². The monoisotopic (exact) mass is 507 g/mol. The molecule has 0 spiro atoms. The second-order valence-electron chi connectivity index (χ2n) is 8.51. The maximum Gasteiger partial charge on any atom is 0.243 e. The third-order valence-electron chi connectivity index (χ3n) is 6.52. The molecule has 184 valence electrons. The summed E-state index contributed by atoms with van der Waals surface area (Å²) >= 11 is 6.15. The van der Waals surface area contributed by atoms with Crippen LogP contribution in [-0.2, 0) is 14.8 Å². The van der Waals surface area contributed by atoms with Crippen molar-refractivity contribution in [3.8, 4) is 11.5 Å². The molecular weight excluding hydrogens is 478 g/mol. The minimum atomic E-state index is -3.75. The molecule has 1 atom stereocenters. The molecule has 0 radical (unpaired) electrons. The minimum absolute atomic E-state index is 0.0297. The standard InChI is InChI=1S/C24H30ClN3O5S/c1-32-20-7-5-19(6-8-20)26-12-14-27(15-13-26)24(29)18-4-3-11-28(17-18)34(30,31)21-9-10-23(33-2)22(25)16-21/h5-10,16,18H,3-4,11-15,17H2,1-2H3/t18-/m1/s1. The number of ether oxygens (including phenoxy) is 2. The van der Waals surface area contributed by atoms with Gasteiger partial charge in [0.05, 0.1) is 30.1 Å². The largest absolute Gasteiger partial charge is 0.497 e. The maximum absolute atomic E-state index is 13.3. The van der Waals surface area contributed by atoms with E-state index in [4.69, 9.17) is 21.1 Å². The molecule has 0 saturated carbocycles. The lowest BCUT2D eigenvalue weighted by molar-refractivity contribution is -0.137. The van der Waals surface area contributed by atoms with E-state index in [1.165, 1.54) is 23.5 Å². The Morgan fingerprint density at radius 2 is 1.68 bits per heavy atom. The van der Waals surface area contributed by atoms with Crippen molar-refractivity contribution < 1.29 is 22.7 Å². The number of halogens is 1. The highest BCUT2D eigenvalue weighted by Gasteiger charge is 2.36. The molecule has 4 rings (SSSR count). The number of methoxy groups -OCH3 is 2. The minimum Gasteiger partial charge on any atom is -0.497 e. The quantitative estimate of drug-likeness (QED) is 0.598. The number of hydrogen-bond donors (Lipinski definition) is 0. The Morgan fingerprint density at radius 3 is 2.29 bits per heavy atom. The normalized spacial score (nSPS) is 19.7. The lowest BCUT2D eigenvalue weighted by Crippen LogP contribution is -2.53. The number of benzene rings is 2. The van der Waals surface area contributed by atoms with E-state index in [2.05, 4.69) is 4.90 Å². The number of piperidine rings is 1. The van der Waals surface area contributed by atoms with E-state index < -0.39 is 10.0 Å². The maximum atomic E-state index is 13.3. The van der Waals surface area contributed by atoms with E-state index in [0.717, 1.165) is 24.5 Å². The lowest BCUT2D eigenvalue weighted by Gasteiger charge is -2.39. The number of nitrogens with zero attached hydrogens (tertiary/aromatic N) is 3. The Balaban J connectivity index is 1.38. The molecule has 8 nitrogen and oxygen atoms in total. The van der Waals surface area contributed by atoms with Crippen LogP contribution in [0.1, 0.15) is 12.8 Å². The van der Waals surface area contributed by atoms with Crippen LogP contribution < -0.4 is 14.4 Å². The zero-order chi connectivity index (χ0) is 24.3. The molecule has 0 aliphatic carbocycles. The molecule has 0 unspecified atom stereocenters. The predicted molar refractivity (Wildman–Crippen MR) is 131 cm³/mol. The Hall–Kier alpha value is -2.49. The van der Waals surface area contributed by atoms with Gasteiger partial charge in [-0.15, -0.1) is 0 Å². The van der Waals surface area contributed by atoms with Gasteiger partial charge in [0.1, 0.15) is 11.5 Å². The molecule has 1 amide bonds. The summed E-state index contributed by atoms with van der Waals surface area (Å²) in [5.41, 5.74) is 1.10. The van der Waals surface area contributed by atoms with Crippen molar-refractivity contribution in [2.24, 2.45) is 5.92 Å². The van der Waals surface area contributed by atoms with Crippen molar-refractivity contribution in [1.29, 1.82) is 0 Å². The van der Waals surface area contributed by atoms with Crippen LogP contribution in [0.5, 0.6) is 11.5 Å². The Kier molecular flexibility index (Phi) is 7.54. The number of piperazine rings is 1. The first kappa shape index (κ1) is 24.6. The van der Waals surface area contributed by atoms with Crippen LogP contribution in [0.15, 0.2) is 47.4 Å². The first-order valence-corrected chi connectivity index (χ1v) is 13.2. The molecule has 2 saturated heterocycles. The summed E-state index contributed by atoms with van der Waals surface area (Å²) in [7, 11) is -0.632. The van der Waals surface area contributed by atoms with Gasteiger partial charge < -0.3 is 19.3 Å². The number of hydrogen-bond acceptors (Lipinski definition) is 6. The average molecular weight is 508 g/mol. The molecule has 10 heteroatoms. The Labute approximate surface area is 206 Å². The number of sulfonamides is 1. The number of amides is 1. The van der Waals surface area contributed by atoms with Crippen molar-refractivity contribution in [3.63, 3.8) is 0 Å². The van der Waals surface area contributed by atoms with Gasteiger partial charge in [-0.3, -0.25) is 4.79 Å². The fraction of sp³-hybridized carbons (Fsp3) is 0.458. The molecule has 34 heavy (non-hydrogen) atoms. The summed E-state index contributed by atoms with van der Waals surface area (Å²) in [6.07, 6.45) is 1.33. The molecule has 0 N–H and O–H groups in total. The van der Waals surface area contributed by atoms with Gasteiger partial charge in [-0.1, -0.05) is 11.6 Å². The van der Waals surface area contributed by atoms with Crippen LogP contribution in [0.3, 0.4) is 0 Å². The van der Waals surface area contributed by atoms with Crippen molar-refractivity contribution in [2.45, 2.75) is 17.7 Å². The van der Waals surface area contributed by atoms with Gasteiger partial charge >= 0.3 is 0 Å². The topological polar surface area (TPSA) is 79.4 Å². The van der Waals surface area contributed by atoms with E-state index >= 15 is 0 Å². The smallest absolute Gasteiger partial charge is 0.243 e. The van der Waals surface area contributed by atoms with Gasteiger partial charge in [0.25, 0.3) is 0 Å². The lowest BCUT2D eigenvalue weighted by atomic mass is 9.97. The third kappa shape index (κ3) is 5.11. The van der Waals surface area contributed by atoms with Crippen molar-refractivity contribution in [1.82, 2.24) is 9.21 Å². The highest BCUT2D eigenvalue weighted by atomic mass is 35.5. The SMILES string of the molecule is COc1ccc(N2CCN(C(=O)[C@@H]3CCCN(S(=O)(=O)c4ccc(OC)c(Cl)c4)C3)CC2)cc1. The summed E-state index contributed by atoms with van der Waals surface area (Å²) < 4.78 is 38.2. The van der Waals surface area contributed by atoms with Gasteiger partial charge in [0, 0.05) is 45.0 Å². The number of rotatable bonds is 6. The highest BCUT2D eigenvalue weighted by molar-refractivity contribution is 7.89. The van der Waals surface area contributed by atoms with Crippen LogP contribution >= 0.6 is 11.6 Å². The van der Waals surface area contributed by atoms with E-state index in [1.54, 1.807) is 13.2 Å². The summed E-state index contributed by atoms with van der Waals surface area (Å²) in [4.78, 5) is 17.5. The zero-order valence-corrected chi connectivity index (χ0v) is 21.0. The Bertz CT molecular complexity index is 1120. The van der Waals surface area contributed by atoms with E-state index in [0.29, 0.717) is 38.2 Å². The van der Waals surface area contributed by atoms with Crippen LogP contribution in [0, 0.1) is 5.92 Å². The zero-order valence-electron chi connectivity index (χ0n) is 19.4. The van der Waals surface area contributed by atoms with Gasteiger partial charge in [0.15, 0.2) is 0 Å². The molecule has 2 aliphatic heterocycles. The van der Waals surface area contributed by atoms with Crippen molar-refractivity contribution >= 4 is 33.2 Å². The summed E-state index contributed by atoms with van der Waals surface area (Å²) in [5, 5.41) is 0.239. The van der Waals surface area contributed by atoms with E-state index in [-0.39, 0.29) is 28.3 Å². The second kappa shape index (κ2) is 10.4. The predicted octanol–water partition coefficient (Wildman–Crippen LogP) is 3.11. The highest BCUT2D eigenvalue weighted by Crippen LogP contribution is 2.31. The molecule has 2 heterocycles. The van der Waals surface area contributed by atoms with Gasteiger partial charge in [-0.05, 0) is 55.3 Å². The molecule has 0 bridgehead atoms. The molecule has 2 aromatic rings. The van der Waals surface area contributed by atoms with Crippen LogP contribution in [-0.4, -0.2) is 77.0 Å². The van der Waals surface area contributed by atoms with Crippen LogP contribution in [0.4, 0.5) is 5.69 Å². The number of carbonyl (C=O) groups is 1. The molecule has 2 fully saturated rings. The molecule has 0 aromatic heterocycles. The summed E-state index contributed by atoms with van der Waals surface area (Å²) in [5.74, 6) is 0.916. The molecule has 2 aromatic carbocycles. The van der Waals surface area contributed by atoms with Gasteiger partial charge in [0.2, 0.25) is 15.9 Å². The number of carbonyl (C=O) groups excluding carboxylic acids is 1. The van der Waals surface area contributed by atoms with Crippen molar-refractivity contribution in [2.75, 3.05) is 58.4 Å². The van der Waals surface area contributed by atoms with E-state index in [9.17, 15) is 13.2 Å². The average Bonchev–Trinajstić information content (AvgIpc) is 2.88. The number of anilines is 1. The first-order valence-electron chi connectivity index (χ1n) is 11.3. The van der Waals surface area contributed by atoms with Crippen LogP contribution in [0.25, 0.3) is 0 Å². The first-order chi connectivity index (χ1) is 16.3. The summed E-state index contributed by atoms with van der Waals surface area (Å²) in [6.45, 7) is 3.27. The van der Waals surface area contributed by atoms with E-state index in [1.807, 2.05) is 29.2 Å². The summed E-state index contributed by atoms with van der Waals surface area (Å²) in [6, 6.07) is 12.3. The molecular formula is C24H30ClN3O5S. The van der Waals surface area contributed by atoms with Gasteiger partial charge in [-0.2, -0.15) is 4.31 Å². The molecule has 2 aliphatic rings. The van der Waals surface area contributed by atoms with Gasteiger partial charge in [-0.25, -0.2) is 8.42 Å². The fourth-order valence-corrected chi connectivity index (χ4v) is 6.43.